The van der Waals surface area contributed by atoms with Crippen molar-refractivity contribution >= 4 is 19.3 Å². The molecule has 182 valence electrons. The fraction of sp³-hybridized carbons (Fsp3) is 0.667. The topological polar surface area (TPSA) is 96.9 Å². The molecule has 8 heteroatoms. The second-order valence-corrected chi connectivity index (χ2v) is 14.1. The molecule has 0 aromatic heterocycles. The Labute approximate surface area is 194 Å². The fourth-order valence-corrected chi connectivity index (χ4v) is 4.80. The highest BCUT2D eigenvalue weighted by molar-refractivity contribution is 7.73. The largest absolute Gasteiger partial charge is 0.493 e. The summed E-state index contributed by atoms with van der Waals surface area (Å²) in [4.78, 5) is 23.2. The van der Waals surface area contributed by atoms with E-state index in [1.807, 2.05) is 24.3 Å². The first kappa shape index (κ1) is 28.0. The van der Waals surface area contributed by atoms with Gasteiger partial charge in [0, 0.05) is 39.9 Å². The summed E-state index contributed by atoms with van der Waals surface area (Å²) in [6.07, 6.45) is 6.94. The normalized spacial score (nSPS) is 12.1. The number of rotatable bonds is 17. The van der Waals surface area contributed by atoms with Crippen molar-refractivity contribution in [2.75, 3.05) is 45.9 Å². The average molecular weight is 470 g/mol. The molecule has 0 spiro atoms. The highest BCUT2D eigenvalue weighted by Crippen LogP contribution is 2.47. The minimum absolute atomic E-state index is 0.0555. The van der Waals surface area contributed by atoms with Gasteiger partial charge in [0.15, 0.2) is 0 Å². The maximum Gasteiger partial charge on any atom is 0.315 e. The van der Waals surface area contributed by atoms with E-state index in [1.54, 1.807) is 0 Å². The van der Waals surface area contributed by atoms with E-state index in [9.17, 15) is 9.59 Å². The summed E-state index contributed by atoms with van der Waals surface area (Å²) in [5.74, 6) is 0.710. The first-order valence-corrected chi connectivity index (χ1v) is 14.9. The van der Waals surface area contributed by atoms with Crippen molar-refractivity contribution in [3.05, 3.63) is 24.3 Å². The molecule has 3 N–H and O–H groups in total. The lowest BCUT2D eigenvalue weighted by atomic mass is 10.2. The number of hydrogen-bond acceptors (Lipinski definition) is 4. The summed E-state index contributed by atoms with van der Waals surface area (Å²) in [7, 11) is -1.20. The van der Waals surface area contributed by atoms with Gasteiger partial charge in [0.25, 0.3) is 0 Å². The van der Waals surface area contributed by atoms with E-state index < -0.39 is 13.2 Å². The molecular weight excluding hydrogens is 427 g/mol. The molecular formula is C24H42N2O5P+. The molecule has 1 rings (SSSR count). The van der Waals surface area contributed by atoms with E-state index in [0.717, 1.165) is 37.4 Å². The van der Waals surface area contributed by atoms with Crippen LogP contribution in [0.4, 0.5) is 4.79 Å². The standard InChI is InChI=1S/C24H41N2O5P/c1-5-6-7-9-15-30-21-12-11-13-22(18-21)31-16-10-8-14-25-24(29)26-20(17-23(27)28)19-32(2,3)4/h11-13,18,20H,5-10,14-17,19H2,1-4H3,(H2-,25,26,27,28,29)/p+1. The predicted molar refractivity (Wildman–Crippen MR) is 133 cm³/mol. The second-order valence-electron chi connectivity index (χ2n) is 9.11. The summed E-state index contributed by atoms with van der Waals surface area (Å²) >= 11 is 0. The molecule has 0 radical (unpaired) electrons. The van der Waals surface area contributed by atoms with Gasteiger partial charge in [0.2, 0.25) is 0 Å². The van der Waals surface area contributed by atoms with Crippen LogP contribution in [0.1, 0.15) is 51.9 Å². The first-order chi connectivity index (χ1) is 15.2. The molecule has 2 amide bonds. The van der Waals surface area contributed by atoms with E-state index in [0.29, 0.717) is 19.3 Å². The third kappa shape index (κ3) is 14.9. The number of urea groups is 1. The first-order valence-electron chi connectivity index (χ1n) is 11.6. The lowest BCUT2D eigenvalue weighted by Gasteiger charge is -2.21. The van der Waals surface area contributed by atoms with Gasteiger partial charge in [-0.2, -0.15) is 0 Å². The van der Waals surface area contributed by atoms with Crippen molar-refractivity contribution in [2.24, 2.45) is 0 Å². The smallest absolute Gasteiger partial charge is 0.315 e. The number of hydrogen-bond donors (Lipinski definition) is 3. The molecule has 1 aromatic carbocycles. The molecule has 1 unspecified atom stereocenters. The van der Waals surface area contributed by atoms with Crippen LogP contribution in [0, 0.1) is 0 Å². The number of amides is 2. The Morgan fingerprint density at radius 3 is 2.19 bits per heavy atom. The van der Waals surface area contributed by atoms with E-state index in [2.05, 4.69) is 37.6 Å². The number of aliphatic carboxylic acids is 1. The zero-order chi connectivity index (χ0) is 23.8. The van der Waals surface area contributed by atoms with Gasteiger partial charge in [-0.1, -0.05) is 32.3 Å². The van der Waals surface area contributed by atoms with Crippen LogP contribution in [-0.4, -0.2) is 69.1 Å². The van der Waals surface area contributed by atoms with Crippen LogP contribution in [0.3, 0.4) is 0 Å². The van der Waals surface area contributed by atoms with Crippen molar-refractivity contribution in [3.63, 3.8) is 0 Å². The van der Waals surface area contributed by atoms with Crippen molar-refractivity contribution in [3.8, 4) is 11.5 Å². The Bertz CT molecular complexity index is 679. The maximum absolute atomic E-state index is 12.1. The van der Waals surface area contributed by atoms with Crippen molar-refractivity contribution in [1.82, 2.24) is 10.6 Å². The molecule has 0 aliphatic carbocycles. The van der Waals surface area contributed by atoms with E-state index in [4.69, 9.17) is 14.6 Å². The summed E-state index contributed by atoms with van der Waals surface area (Å²) in [6, 6.07) is 7.03. The van der Waals surface area contributed by atoms with Gasteiger partial charge in [-0.3, -0.25) is 4.79 Å². The fourth-order valence-electron chi connectivity index (χ4n) is 3.26. The lowest BCUT2D eigenvalue weighted by molar-refractivity contribution is -0.137. The summed E-state index contributed by atoms with van der Waals surface area (Å²) < 4.78 is 11.6. The molecule has 0 saturated heterocycles. The number of carbonyl (C=O) groups excluding carboxylic acids is 1. The van der Waals surface area contributed by atoms with Crippen molar-refractivity contribution in [1.29, 1.82) is 0 Å². The molecule has 0 fully saturated rings. The van der Waals surface area contributed by atoms with Crippen molar-refractivity contribution < 1.29 is 24.2 Å². The van der Waals surface area contributed by atoms with Gasteiger partial charge in [0.05, 0.1) is 31.8 Å². The number of carbonyl (C=O) groups is 2. The Kier molecular flexibility index (Phi) is 13.8. The third-order valence-electron chi connectivity index (χ3n) is 4.72. The number of benzene rings is 1. The quantitative estimate of drug-likeness (QED) is 0.224. The molecule has 0 bridgehead atoms. The minimum atomic E-state index is -1.20. The number of unbranched alkanes of at least 4 members (excludes halogenated alkanes) is 4. The van der Waals surface area contributed by atoms with Crippen LogP contribution in [0.25, 0.3) is 0 Å². The predicted octanol–water partition coefficient (Wildman–Crippen LogP) is 4.85. The van der Waals surface area contributed by atoms with Gasteiger partial charge in [-0.25, -0.2) is 4.79 Å². The maximum atomic E-state index is 12.1. The van der Waals surface area contributed by atoms with Gasteiger partial charge in [-0.15, -0.1) is 0 Å². The molecule has 7 nitrogen and oxygen atoms in total. The summed E-state index contributed by atoms with van der Waals surface area (Å²) in [5, 5.41) is 14.7. The number of carboxylic acids is 1. The summed E-state index contributed by atoms with van der Waals surface area (Å²) in [6.45, 7) is 10.4. The zero-order valence-corrected chi connectivity index (χ0v) is 21.1. The lowest BCUT2D eigenvalue weighted by Crippen LogP contribution is -2.45. The average Bonchev–Trinajstić information content (AvgIpc) is 2.69. The SMILES string of the molecule is CCCCCCOc1cccc(OCCCCNC(=O)NC(CC(=O)O)C[P+](C)(C)C)c1. The Hall–Kier alpha value is -2.01. The van der Waals surface area contributed by atoms with Crippen LogP contribution in [-0.2, 0) is 4.79 Å². The molecule has 1 aromatic rings. The second kappa shape index (κ2) is 15.7. The Balaban J connectivity index is 2.22. The zero-order valence-electron chi connectivity index (χ0n) is 20.2. The van der Waals surface area contributed by atoms with E-state index in [-0.39, 0.29) is 18.5 Å². The van der Waals surface area contributed by atoms with Crippen LogP contribution < -0.4 is 20.1 Å². The van der Waals surface area contributed by atoms with E-state index >= 15 is 0 Å². The molecule has 0 saturated carbocycles. The molecule has 0 aliphatic rings. The Morgan fingerprint density at radius 1 is 1.00 bits per heavy atom. The van der Waals surface area contributed by atoms with Gasteiger partial charge in [0.1, 0.15) is 11.5 Å². The third-order valence-corrected chi connectivity index (χ3v) is 6.26. The van der Waals surface area contributed by atoms with Gasteiger partial charge < -0.3 is 25.2 Å². The molecule has 1 atom stereocenters. The summed E-state index contributed by atoms with van der Waals surface area (Å²) in [5.41, 5.74) is 0. The molecule has 0 aliphatic heterocycles. The number of nitrogens with one attached hydrogen (secondary N) is 2. The Morgan fingerprint density at radius 2 is 1.62 bits per heavy atom. The minimum Gasteiger partial charge on any atom is -0.493 e. The van der Waals surface area contributed by atoms with Crippen LogP contribution in [0.2, 0.25) is 0 Å². The van der Waals surface area contributed by atoms with Crippen molar-refractivity contribution in [2.45, 2.75) is 57.9 Å². The van der Waals surface area contributed by atoms with Crippen LogP contribution in [0.15, 0.2) is 24.3 Å². The van der Waals surface area contributed by atoms with Gasteiger partial charge in [-0.05, 0) is 31.4 Å². The number of carboxylic acid groups (broad SMARTS) is 1. The highest BCUT2D eigenvalue weighted by Gasteiger charge is 2.27. The highest BCUT2D eigenvalue weighted by atomic mass is 31.2. The number of ether oxygens (including phenoxy) is 2. The molecule has 32 heavy (non-hydrogen) atoms. The van der Waals surface area contributed by atoms with Gasteiger partial charge >= 0.3 is 12.0 Å². The monoisotopic (exact) mass is 469 g/mol. The van der Waals surface area contributed by atoms with E-state index in [1.165, 1.54) is 19.3 Å². The van der Waals surface area contributed by atoms with Crippen LogP contribution >= 0.6 is 7.26 Å². The molecule has 0 heterocycles. The van der Waals surface area contributed by atoms with Crippen LogP contribution in [0.5, 0.6) is 11.5 Å².